The number of nitrogens with one attached hydrogen (secondary N) is 1. The lowest BCUT2D eigenvalue weighted by molar-refractivity contribution is 0.275. The summed E-state index contributed by atoms with van der Waals surface area (Å²) in [5, 5.41) is 2.90. The molecule has 102 valence electrons. The fourth-order valence-electron chi connectivity index (χ4n) is 1.38. The Bertz CT molecular complexity index is 367. The van der Waals surface area contributed by atoms with E-state index in [1.807, 2.05) is 19.0 Å². The van der Waals surface area contributed by atoms with E-state index in [1.165, 1.54) is 0 Å². The predicted molar refractivity (Wildman–Crippen MR) is 73.3 cm³/mol. The number of hydrogen-bond acceptors (Lipinski definition) is 6. The van der Waals surface area contributed by atoms with Gasteiger partial charge in [0.15, 0.2) is 0 Å². The van der Waals surface area contributed by atoms with E-state index in [1.54, 1.807) is 7.05 Å². The SMILES string of the molecule is CNc1nc(OCCCC(C)C)nc(N(C)C)n1. The van der Waals surface area contributed by atoms with Gasteiger partial charge >= 0.3 is 6.01 Å². The topological polar surface area (TPSA) is 63.2 Å². The van der Waals surface area contributed by atoms with Gasteiger partial charge in [-0.25, -0.2) is 0 Å². The van der Waals surface area contributed by atoms with Crippen LogP contribution in [-0.4, -0.2) is 42.7 Å². The summed E-state index contributed by atoms with van der Waals surface area (Å²) in [5.74, 6) is 1.80. The Kier molecular flexibility index (Phi) is 5.61. The number of anilines is 2. The van der Waals surface area contributed by atoms with Gasteiger partial charge in [-0.1, -0.05) is 13.8 Å². The largest absolute Gasteiger partial charge is 0.463 e. The molecule has 0 bridgehead atoms. The highest BCUT2D eigenvalue weighted by Gasteiger charge is 2.08. The van der Waals surface area contributed by atoms with Crippen LogP contribution in [0.3, 0.4) is 0 Å². The molecule has 1 aromatic heterocycles. The van der Waals surface area contributed by atoms with Gasteiger partial charge in [0.05, 0.1) is 6.61 Å². The number of hydrogen-bond donors (Lipinski definition) is 1. The third kappa shape index (κ3) is 4.73. The zero-order chi connectivity index (χ0) is 13.5. The molecule has 0 spiro atoms. The van der Waals surface area contributed by atoms with Crippen molar-refractivity contribution in [2.45, 2.75) is 26.7 Å². The molecule has 1 aromatic rings. The van der Waals surface area contributed by atoms with E-state index in [-0.39, 0.29) is 0 Å². The van der Waals surface area contributed by atoms with Gasteiger partial charge in [0.2, 0.25) is 11.9 Å². The molecule has 0 aliphatic heterocycles. The van der Waals surface area contributed by atoms with Crippen molar-refractivity contribution in [1.82, 2.24) is 15.0 Å². The van der Waals surface area contributed by atoms with Gasteiger partial charge in [-0.3, -0.25) is 0 Å². The number of rotatable bonds is 7. The van der Waals surface area contributed by atoms with Crippen LogP contribution in [-0.2, 0) is 0 Å². The molecule has 0 aliphatic carbocycles. The van der Waals surface area contributed by atoms with Crippen LogP contribution in [0.2, 0.25) is 0 Å². The Hall–Kier alpha value is -1.59. The van der Waals surface area contributed by atoms with Crippen LogP contribution in [0.5, 0.6) is 6.01 Å². The Morgan fingerprint density at radius 1 is 1.22 bits per heavy atom. The predicted octanol–water partition coefficient (Wildman–Crippen LogP) is 1.79. The first-order chi connectivity index (χ1) is 8.52. The molecule has 18 heavy (non-hydrogen) atoms. The van der Waals surface area contributed by atoms with Crippen LogP contribution in [0.1, 0.15) is 26.7 Å². The average Bonchev–Trinajstić information content (AvgIpc) is 2.34. The maximum Gasteiger partial charge on any atom is 0.323 e. The summed E-state index contributed by atoms with van der Waals surface area (Å²) in [6.07, 6.45) is 2.15. The van der Waals surface area contributed by atoms with Crippen molar-refractivity contribution < 1.29 is 4.74 Å². The van der Waals surface area contributed by atoms with E-state index in [9.17, 15) is 0 Å². The molecule has 0 unspecified atom stereocenters. The first-order valence-electron chi connectivity index (χ1n) is 6.27. The monoisotopic (exact) mass is 253 g/mol. The second-order valence-electron chi connectivity index (χ2n) is 4.77. The Morgan fingerprint density at radius 2 is 1.94 bits per heavy atom. The lowest BCUT2D eigenvalue weighted by Crippen LogP contribution is -2.15. The van der Waals surface area contributed by atoms with Gasteiger partial charge in [-0.2, -0.15) is 15.0 Å². The fourth-order valence-corrected chi connectivity index (χ4v) is 1.38. The summed E-state index contributed by atoms with van der Waals surface area (Å²) < 4.78 is 5.56. The highest BCUT2D eigenvalue weighted by Crippen LogP contribution is 2.13. The van der Waals surface area contributed by atoms with Crippen LogP contribution in [0.4, 0.5) is 11.9 Å². The average molecular weight is 253 g/mol. The Morgan fingerprint density at radius 3 is 2.50 bits per heavy atom. The summed E-state index contributed by atoms with van der Waals surface area (Å²) in [5.41, 5.74) is 0. The minimum atomic E-state index is 0.377. The van der Waals surface area contributed by atoms with Gasteiger partial charge in [-0.15, -0.1) is 0 Å². The van der Waals surface area contributed by atoms with Crippen molar-refractivity contribution >= 4 is 11.9 Å². The van der Waals surface area contributed by atoms with Crippen molar-refractivity contribution in [3.05, 3.63) is 0 Å². The Labute approximate surface area is 109 Å². The molecule has 6 nitrogen and oxygen atoms in total. The fraction of sp³-hybridized carbons (Fsp3) is 0.750. The van der Waals surface area contributed by atoms with Crippen LogP contribution in [0.15, 0.2) is 0 Å². The minimum Gasteiger partial charge on any atom is -0.463 e. The summed E-state index contributed by atoms with van der Waals surface area (Å²) in [6.45, 7) is 5.04. The van der Waals surface area contributed by atoms with Crippen molar-refractivity contribution in [3.8, 4) is 6.01 Å². The second kappa shape index (κ2) is 6.98. The van der Waals surface area contributed by atoms with E-state index >= 15 is 0 Å². The van der Waals surface area contributed by atoms with E-state index in [0.29, 0.717) is 30.4 Å². The zero-order valence-electron chi connectivity index (χ0n) is 11.9. The van der Waals surface area contributed by atoms with E-state index < -0.39 is 0 Å². The smallest absolute Gasteiger partial charge is 0.323 e. The summed E-state index contributed by atoms with van der Waals surface area (Å²) >= 11 is 0. The number of ether oxygens (including phenoxy) is 1. The standard InChI is InChI=1S/C12H23N5O/c1-9(2)7-6-8-18-12-15-10(13-3)14-11(16-12)17(4)5/h9H,6-8H2,1-5H3,(H,13,14,15,16). The van der Waals surface area contributed by atoms with Crippen LogP contribution < -0.4 is 15.0 Å². The van der Waals surface area contributed by atoms with Gasteiger partial charge in [0, 0.05) is 21.1 Å². The van der Waals surface area contributed by atoms with Gasteiger partial charge in [0.25, 0.3) is 0 Å². The third-order valence-corrected chi connectivity index (χ3v) is 2.38. The first kappa shape index (κ1) is 14.5. The lowest BCUT2D eigenvalue weighted by atomic mass is 10.1. The second-order valence-corrected chi connectivity index (χ2v) is 4.77. The summed E-state index contributed by atoms with van der Waals surface area (Å²) in [7, 11) is 5.55. The molecule has 0 aromatic carbocycles. The molecular weight excluding hydrogens is 230 g/mol. The summed E-state index contributed by atoms with van der Waals surface area (Å²) in [6, 6.07) is 0.377. The van der Waals surface area contributed by atoms with Gasteiger partial charge < -0.3 is 15.0 Å². The van der Waals surface area contributed by atoms with Crippen molar-refractivity contribution in [3.63, 3.8) is 0 Å². The third-order valence-electron chi connectivity index (χ3n) is 2.38. The molecule has 0 aliphatic rings. The van der Waals surface area contributed by atoms with Crippen molar-refractivity contribution in [2.75, 3.05) is 38.0 Å². The minimum absolute atomic E-state index is 0.377. The maximum atomic E-state index is 5.56. The molecule has 1 N–H and O–H groups in total. The van der Waals surface area contributed by atoms with E-state index in [0.717, 1.165) is 12.8 Å². The zero-order valence-corrected chi connectivity index (χ0v) is 11.9. The summed E-state index contributed by atoms with van der Waals surface area (Å²) in [4.78, 5) is 14.5. The highest BCUT2D eigenvalue weighted by atomic mass is 16.5. The van der Waals surface area contributed by atoms with Crippen LogP contribution >= 0.6 is 0 Å². The highest BCUT2D eigenvalue weighted by molar-refractivity contribution is 5.36. The molecule has 6 heteroatoms. The molecule has 0 saturated carbocycles. The Balaban J connectivity index is 2.61. The van der Waals surface area contributed by atoms with Crippen molar-refractivity contribution in [1.29, 1.82) is 0 Å². The van der Waals surface area contributed by atoms with E-state index in [2.05, 4.69) is 34.1 Å². The quantitative estimate of drug-likeness (QED) is 0.748. The maximum absolute atomic E-state index is 5.56. The molecule has 0 atom stereocenters. The first-order valence-corrected chi connectivity index (χ1v) is 6.27. The van der Waals surface area contributed by atoms with Crippen LogP contribution in [0, 0.1) is 5.92 Å². The number of nitrogens with zero attached hydrogens (tertiary/aromatic N) is 4. The molecule has 0 radical (unpaired) electrons. The lowest BCUT2D eigenvalue weighted by Gasteiger charge is -2.12. The molecule has 1 rings (SSSR count). The van der Waals surface area contributed by atoms with Gasteiger partial charge in [0.1, 0.15) is 0 Å². The van der Waals surface area contributed by atoms with Crippen molar-refractivity contribution in [2.24, 2.45) is 5.92 Å². The van der Waals surface area contributed by atoms with Gasteiger partial charge in [-0.05, 0) is 18.8 Å². The molecule has 1 heterocycles. The number of aromatic nitrogens is 3. The molecule has 0 fully saturated rings. The molecule has 0 saturated heterocycles. The molecular formula is C12H23N5O. The normalized spacial score (nSPS) is 10.6. The van der Waals surface area contributed by atoms with Crippen LogP contribution in [0.25, 0.3) is 0 Å². The molecule has 0 amide bonds. The van der Waals surface area contributed by atoms with E-state index in [4.69, 9.17) is 4.74 Å².